The summed E-state index contributed by atoms with van der Waals surface area (Å²) in [6.45, 7) is 0. The molecule has 4 heteroatoms. The number of ether oxygens (including phenoxy) is 2. The van der Waals surface area contributed by atoms with Gasteiger partial charge in [-0.2, -0.15) is 5.10 Å². The maximum atomic E-state index is 5.63. The van der Waals surface area contributed by atoms with Crippen molar-refractivity contribution in [3.8, 4) is 34.5 Å². The lowest BCUT2D eigenvalue weighted by Gasteiger charge is -2.08. The first-order valence-electron chi connectivity index (χ1n) is 8.55. The molecule has 0 saturated heterocycles. The molecule has 2 heterocycles. The lowest BCUT2D eigenvalue weighted by atomic mass is 10.1. The van der Waals surface area contributed by atoms with Gasteiger partial charge in [0, 0.05) is 17.3 Å². The van der Waals surface area contributed by atoms with Crippen molar-refractivity contribution in [3.63, 3.8) is 0 Å². The molecule has 0 saturated carbocycles. The van der Waals surface area contributed by atoms with Crippen molar-refractivity contribution in [3.05, 3.63) is 84.2 Å². The predicted octanol–water partition coefficient (Wildman–Crippen LogP) is 4.42. The fourth-order valence-corrected chi connectivity index (χ4v) is 2.93. The first kappa shape index (κ1) is 16.7. The van der Waals surface area contributed by atoms with Gasteiger partial charge in [-0.1, -0.05) is 42.2 Å². The van der Waals surface area contributed by atoms with E-state index in [0.717, 1.165) is 39.3 Å². The number of rotatable bonds is 3. The Labute approximate surface area is 158 Å². The Kier molecular flexibility index (Phi) is 4.51. The normalized spacial score (nSPS) is 10.3. The third kappa shape index (κ3) is 3.36. The van der Waals surface area contributed by atoms with Crippen LogP contribution < -0.4 is 9.47 Å². The molecule has 0 aliphatic heterocycles. The van der Waals surface area contributed by atoms with Gasteiger partial charge >= 0.3 is 0 Å². The fraction of sp³-hybridized carbons (Fsp3) is 0.0870. The molecule has 2 aromatic heterocycles. The zero-order valence-corrected chi connectivity index (χ0v) is 15.1. The van der Waals surface area contributed by atoms with Crippen LogP contribution in [0.1, 0.15) is 11.1 Å². The SMILES string of the molecule is COc1ccc(C#Cc2cnn3cc(-c4ccccc4)cc(OC)c23)cc1. The minimum atomic E-state index is 0.743. The number of hydrogen-bond donors (Lipinski definition) is 0. The molecule has 4 rings (SSSR count). The van der Waals surface area contributed by atoms with Crippen LogP contribution in [0, 0.1) is 11.8 Å². The number of pyridine rings is 1. The van der Waals surface area contributed by atoms with Gasteiger partial charge in [-0.05, 0) is 35.9 Å². The molecular weight excluding hydrogens is 336 g/mol. The standard InChI is InChI=1S/C23H18N2O2/c1-26-21-12-9-17(10-13-21)8-11-19-15-24-25-16-20(14-22(27-2)23(19)25)18-6-4-3-5-7-18/h3-7,9-10,12-16H,1-2H3. The zero-order chi connectivity index (χ0) is 18.6. The maximum Gasteiger partial charge on any atom is 0.146 e. The fourth-order valence-electron chi connectivity index (χ4n) is 2.93. The zero-order valence-electron chi connectivity index (χ0n) is 15.1. The number of benzene rings is 2. The molecule has 132 valence electrons. The summed E-state index contributed by atoms with van der Waals surface area (Å²) in [7, 11) is 3.31. The van der Waals surface area contributed by atoms with Crippen molar-refractivity contribution in [2.24, 2.45) is 0 Å². The summed E-state index contributed by atoms with van der Waals surface area (Å²) in [5, 5.41) is 4.47. The minimum Gasteiger partial charge on any atom is -0.497 e. The molecular formula is C23H18N2O2. The molecule has 0 aliphatic carbocycles. The summed E-state index contributed by atoms with van der Waals surface area (Å²) in [5.74, 6) is 7.93. The second-order valence-electron chi connectivity index (χ2n) is 5.99. The van der Waals surface area contributed by atoms with Crippen LogP contribution in [0.3, 0.4) is 0 Å². The molecule has 2 aromatic carbocycles. The van der Waals surface area contributed by atoms with E-state index in [-0.39, 0.29) is 0 Å². The molecule has 4 nitrogen and oxygen atoms in total. The van der Waals surface area contributed by atoms with Crippen molar-refractivity contribution < 1.29 is 9.47 Å². The van der Waals surface area contributed by atoms with E-state index in [9.17, 15) is 0 Å². The van der Waals surface area contributed by atoms with E-state index in [0.29, 0.717) is 0 Å². The van der Waals surface area contributed by atoms with Crippen molar-refractivity contribution in [1.82, 2.24) is 9.61 Å². The molecule has 0 atom stereocenters. The molecule has 4 aromatic rings. The second kappa shape index (κ2) is 7.27. The lowest BCUT2D eigenvalue weighted by molar-refractivity contribution is 0.415. The van der Waals surface area contributed by atoms with Gasteiger partial charge in [0.15, 0.2) is 0 Å². The summed E-state index contributed by atoms with van der Waals surface area (Å²) in [6, 6.07) is 19.8. The third-order valence-corrected chi connectivity index (χ3v) is 4.34. The van der Waals surface area contributed by atoms with Gasteiger partial charge in [0.1, 0.15) is 17.0 Å². The largest absolute Gasteiger partial charge is 0.497 e. The highest BCUT2D eigenvalue weighted by atomic mass is 16.5. The van der Waals surface area contributed by atoms with E-state index >= 15 is 0 Å². The molecule has 0 aliphatic rings. The van der Waals surface area contributed by atoms with Crippen LogP contribution in [0.4, 0.5) is 0 Å². The van der Waals surface area contributed by atoms with Crippen molar-refractivity contribution >= 4 is 5.52 Å². The Bertz CT molecular complexity index is 1130. The van der Waals surface area contributed by atoms with Gasteiger partial charge < -0.3 is 9.47 Å². The van der Waals surface area contributed by atoms with Gasteiger partial charge in [-0.25, -0.2) is 4.52 Å². The van der Waals surface area contributed by atoms with E-state index in [1.54, 1.807) is 20.4 Å². The van der Waals surface area contributed by atoms with E-state index < -0.39 is 0 Å². The monoisotopic (exact) mass is 354 g/mol. The van der Waals surface area contributed by atoms with Crippen LogP contribution in [0.5, 0.6) is 11.5 Å². The molecule has 0 spiro atoms. The van der Waals surface area contributed by atoms with Crippen molar-refractivity contribution in [1.29, 1.82) is 0 Å². The van der Waals surface area contributed by atoms with Gasteiger partial charge in [0.2, 0.25) is 0 Å². The van der Waals surface area contributed by atoms with E-state index in [1.807, 2.05) is 59.2 Å². The van der Waals surface area contributed by atoms with Crippen molar-refractivity contribution in [2.45, 2.75) is 0 Å². The molecule has 0 radical (unpaired) electrons. The first-order valence-corrected chi connectivity index (χ1v) is 8.55. The number of fused-ring (bicyclic) bond motifs is 1. The van der Waals surface area contributed by atoms with Crippen LogP contribution >= 0.6 is 0 Å². The van der Waals surface area contributed by atoms with Gasteiger partial charge in [0.05, 0.1) is 26.0 Å². The number of aromatic nitrogens is 2. The predicted molar refractivity (Wildman–Crippen MR) is 106 cm³/mol. The molecule has 0 N–H and O–H groups in total. The number of hydrogen-bond acceptors (Lipinski definition) is 3. The van der Waals surface area contributed by atoms with E-state index in [1.165, 1.54) is 0 Å². The highest BCUT2D eigenvalue weighted by molar-refractivity contribution is 5.76. The Morgan fingerprint density at radius 1 is 0.852 bits per heavy atom. The Morgan fingerprint density at radius 2 is 1.63 bits per heavy atom. The second-order valence-corrected chi connectivity index (χ2v) is 5.99. The molecule has 27 heavy (non-hydrogen) atoms. The third-order valence-electron chi connectivity index (χ3n) is 4.34. The maximum absolute atomic E-state index is 5.63. The summed E-state index contributed by atoms with van der Waals surface area (Å²) in [5.41, 5.74) is 4.74. The summed E-state index contributed by atoms with van der Waals surface area (Å²) < 4.78 is 12.6. The van der Waals surface area contributed by atoms with Gasteiger partial charge in [0.25, 0.3) is 0 Å². The first-order chi connectivity index (χ1) is 13.3. The van der Waals surface area contributed by atoms with Crippen molar-refractivity contribution in [2.75, 3.05) is 14.2 Å². The highest BCUT2D eigenvalue weighted by Crippen LogP contribution is 2.29. The quantitative estimate of drug-likeness (QED) is 0.511. The summed E-state index contributed by atoms with van der Waals surface area (Å²) in [6.07, 6.45) is 3.76. The summed E-state index contributed by atoms with van der Waals surface area (Å²) >= 11 is 0. The summed E-state index contributed by atoms with van der Waals surface area (Å²) in [4.78, 5) is 0. The lowest BCUT2D eigenvalue weighted by Crippen LogP contribution is -1.94. The Balaban J connectivity index is 1.76. The van der Waals surface area contributed by atoms with Crippen LogP contribution in [-0.2, 0) is 0 Å². The topological polar surface area (TPSA) is 35.8 Å². The Morgan fingerprint density at radius 3 is 2.33 bits per heavy atom. The van der Waals surface area contributed by atoms with Crippen LogP contribution in [0.15, 0.2) is 73.1 Å². The van der Waals surface area contributed by atoms with E-state index in [2.05, 4.69) is 29.1 Å². The number of nitrogens with zero attached hydrogens (tertiary/aromatic N) is 2. The molecule has 0 fully saturated rings. The molecule has 0 unspecified atom stereocenters. The van der Waals surface area contributed by atoms with Crippen LogP contribution in [0.25, 0.3) is 16.6 Å². The Hall–Kier alpha value is -3.71. The van der Waals surface area contributed by atoms with Gasteiger partial charge in [-0.15, -0.1) is 0 Å². The highest BCUT2D eigenvalue weighted by Gasteiger charge is 2.11. The van der Waals surface area contributed by atoms with E-state index in [4.69, 9.17) is 9.47 Å². The molecule has 0 bridgehead atoms. The average molecular weight is 354 g/mol. The number of methoxy groups -OCH3 is 2. The average Bonchev–Trinajstić information content (AvgIpc) is 3.15. The van der Waals surface area contributed by atoms with Crippen LogP contribution in [-0.4, -0.2) is 23.8 Å². The van der Waals surface area contributed by atoms with Crippen LogP contribution in [0.2, 0.25) is 0 Å². The van der Waals surface area contributed by atoms with Gasteiger partial charge in [-0.3, -0.25) is 0 Å². The minimum absolute atomic E-state index is 0.743. The smallest absolute Gasteiger partial charge is 0.146 e. The molecule has 0 amide bonds.